The lowest BCUT2D eigenvalue weighted by molar-refractivity contribution is -0.115. The molecule has 0 aliphatic heterocycles. The van der Waals surface area contributed by atoms with Crippen LogP contribution in [0.25, 0.3) is 0 Å². The van der Waals surface area contributed by atoms with Crippen molar-refractivity contribution in [3.05, 3.63) is 101 Å². The van der Waals surface area contributed by atoms with Crippen LogP contribution in [0.2, 0.25) is 0 Å². The van der Waals surface area contributed by atoms with Crippen LogP contribution < -0.4 is 10.6 Å². The zero-order valence-corrected chi connectivity index (χ0v) is 19.5. The Labute approximate surface area is 200 Å². The number of hydrogen-bond acceptors (Lipinski definition) is 7. The van der Waals surface area contributed by atoms with Gasteiger partial charge in [0.2, 0.25) is 11.0 Å². The van der Waals surface area contributed by atoms with Crippen LogP contribution in [0, 0.1) is 0 Å². The van der Waals surface area contributed by atoms with Gasteiger partial charge in [0.15, 0.2) is 9.84 Å². The Balaban J connectivity index is 1.33. The summed E-state index contributed by atoms with van der Waals surface area (Å²) in [5.74, 6) is -0.881. The highest BCUT2D eigenvalue weighted by Gasteiger charge is 2.19. The number of anilines is 2. The van der Waals surface area contributed by atoms with Gasteiger partial charge in [0.05, 0.1) is 11.3 Å². The summed E-state index contributed by atoms with van der Waals surface area (Å²) in [6, 6.07) is 23.9. The van der Waals surface area contributed by atoms with E-state index in [9.17, 15) is 18.0 Å². The Kier molecular flexibility index (Phi) is 7.09. The monoisotopic (exact) mass is 492 g/mol. The molecular weight excluding hydrogens is 472 g/mol. The summed E-state index contributed by atoms with van der Waals surface area (Å²) in [5, 5.41) is 13.6. The van der Waals surface area contributed by atoms with Crippen molar-refractivity contribution in [2.75, 3.05) is 10.6 Å². The lowest BCUT2D eigenvalue weighted by Gasteiger charge is -2.07. The number of nitrogens with one attached hydrogen (secondary N) is 2. The predicted molar refractivity (Wildman–Crippen MR) is 130 cm³/mol. The molecule has 2 amide bonds. The highest BCUT2D eigenvalue weighted by Crippen LogP contribution is 2.22. The van der Waals surface area contributed by atoms with Gasteiger partial charge >= 0.3 is 0 Å². The number of carbonyl (C=O) groups is 2. The molecule has 34 heavy (non-hydrogen) atoms. The van der Waals surface area contributed by atoms with Gasteiger partial charge in [0.25, 0.3) is 5.91 Å². The van der Waals surface area contributed by atoms with Crippen molar-refractivity contribution in [3.63, 3.8) is 0 Å². The van der Waals surface area contributed by atoms with E-state index >= 15 is 0 Å². The molecule has 3 aromatic carbocycles. The summed E-state index contributed by atoms with van der Waals surface area (Å²) in [6.07, 6.45) is 0.252. The van der Waals surface area contributed by atoms with Gasteiger partial charge in [-0.05, 0) is 42.0 Å². The summed E-state index contributed by atoms with van der Waals surface area (Å²) in [6.45, 7) is 0. The van der Waals surface area contributed by atoms with Gasteiger partial charge in [0.1, 0.15) is 10.8 Å². The summed E-state index contributed by atoms with van der Waals surface area (Å²) >= 11 is 1.000. The van der Waals surface area contributed by atoms with E-state index in [0.717, 1.165) is 16.9 Å². The van der Waals surface area contributed by atoms with Crippen LogP contribution in [0.5, 0.6) is 0 Å². The molecular formula is C24H20N4O4S2. The average molecular weight is 493 g/mol. The molecule has 0 aliphatic rings. The van der Waals surface area contributed by atoms with Gasteiger partial charge in [-0.3, -0.25) is 14.9 Å². The van der Waals surface area contributed by atoms with Crippen molar-refractivity contribution in [1.29, 1.82) is 0 Å². The Morgan fingerprint density at radius 2 is 1.44 bits per heavy atom. The van der Waals surface area contributed by atoms with Crippen molar-refractivity contribution in [3.8, 4) is 0 Å². The number of sulfone groups is 1. The standard InChI is InChI=1S/C24H20N4O4S2/c29-21(15-17-7-3-1-4-8-17)25-19-13-11-18(12-14-19)23(30)26-24-28-27-22(33-24)16-34(31,32)20-9-5-2-6-10-20/h1-14H,15-16H2,(H,25,29)(H,26,28,30). The number of rotatable bonds is 8. The van der Waals surface area contributed by atoms with Gasteiger partial charge in [-0.1, -0.05) is 59.9 Å². The molecule has 0 saturated heterocycles. The maximum atomic E-state index is 12.5. The Morgan fingerprint density at radius 1 is 0.794 bits per heavy atom. The van der Waals surface area contributed by atoms with Crippen LogP contribution in [-0.2, 0) is 26.8 Å². The Hall–Kier alpha value is -3.89. The van der Waals surface area contributed by atoms with Crippen LogP contribution >= 0.6 is 11.3 Å². The average Bonchev–Trinajstić information content (AvgIpc) is 3.26. The number of hydrogen-bond donors (Lipinski definition) is 2. The second-order valence-electron chi connectivity index (χ2n) is 7.32. The van der Waals surface area contributed by atoms with E-state index in [-0.39, 0.29) is 33.1 Å². The predicted octanol–water partition coefficient (Wildman–Crippen LogP) is 3.95. The van der Waals surface area contributed by atoms with Gasteiger partial charge in [-0.15, -0.1) is 10.2 Å². The van der Waals surface area contributed by atoms with Crippen LogP contribution in [0.4, 0.5) is 10.8 Å². The van der Waals surface area contributed by atoms with Crippen molar-refractivity contribution in [2.45, 2.75) is 17.1 Å². The minimum atomic E-state index is -3.55. The topological polar surface area (TPSA) is 118 Å². The molecule has 0 aliphatic carbocycles. The first kappa shape index (κ1) is 23.3. The quantitative estimate of drug-likeness (QED) is 0.385. The molecule has 0 saturated carbocycles. The third kappa shape index (κ3) is 6.12. The van der Waals surface area contributed by atoms with E-state index in [2.05, 4.69) is 20.8 Å². The van der Waals surface area contributed by atoms with Gasteiger partial charge in [-0.25, -0.2) is 8.42 Å². The van der Waals surface area contributed by atoms with Crippen molar-refractivity contribution in [2.24, 2.45) is 0 Å². The van der Waals surface area contributed by atoms with Gasteiger partial charge in [0, 0.05) is 11.3 Å². The number of benzene rings is 3. The zero-order chi connectivity index (χ0) is 24.0. The maximum Gasteiger partial charge on any atom is 0.257 e. The lowest BCUT2D eigenvalue weighted by Crippen LogP contribution is -2.15. The number of carbonyl (C=O) groups excluding carboxylic acids is 2. The fraction of sp³-hybridized carbons (Fsp3) is 0.0833. The van der Waals surface area contributed by atoms with E-state index in [1.165, 1.54) is 12.1 Å². The first-order chi connectivity index (χ1) is 16.4. The SMILES string of the molecule is O=C(Cc1ccccc1)Nc1ccc(C(=O)Nc2nnc(CS(=O)(=O)c3ccccc3)s2)cc1. The zero-order valence-electron chi connectivity index (χ0n) is 17.8. The van der Waals surface area contributed by atoms with Crippen LogP contribution in [0.15, 0.2) is 89.8 Å². The molecule has 8 nitrogen and oxygen atoms in total. The molecule has 0 bridgehead atoms. The third-order valence-electron chi connectivity index (χ3n) is 4.74. The minimum Gasteiger partial charge on any atom is -0.326 e. The number of aromatic nitrogens is 2. The van der Waals surface area contributed by atoms with Gasteiger partial charge < -0.3 is 5.32 Å². The molecule has 0 spiro atoms. The Bertz CT molecular complexity index is 1390. The molecule has 4 aromatic rings. The first-order valence-electron chi connectivity index (χ1n) is 10.2. The van der Waals surface area contributed by atoms with Crippen molar-refractivity contribution in [1.82, 2.24) is 10.2 Å². The lowest BCUT2D eigenvalue weighted by atomic mass is 10.1. The minimum absolute atomic E-state index is 0.157. The fourth-order valence-electron chi connectivity index (χ4n) is 3.10. The molecule has 2 N–H and O–H groups in total. The molecule has 1 heterocycles. The van der Waals surface area contributed by atoms with Gasteiger partial charge in [-0.2, -0.15) is 0 Å². The molecule has 10 heteroatoms. The highest BCUT2D eigenvalue weighted by atomic mass is 32.2. The van der Waals surface area contributed by atoms with E-state index in [0.29, 0.717) is 11.3 Å². The summed E-state index contributed by atoms with van der Waals surface area (Å²) in [5.41, 5.74) is 1.83. The normalized spacial score (nSPS) is 11.1. The molecule has 4 rings (SSSR count). The molecule has 0 unspecified atom stereocenters. The van der Waals surface area contributed by atoms with Crippen LogP contribution in [0.1, 0.15) is 20.9 Å². The van der Waals surface area contributed by atoms with Crippen molar-refractivity contribution < 1.29 is 18.0 Å². The fourth-order valence-corrected chi connectivity index (χ4v) is 5.45. The second-order valence-corrected chi connectivity index (χ2v) is 10.4. The summed E-state index contributed by atoms with van der Waals surface area (Å²) in [7, 11) is -3.55. The van der Waals surface area contributed by atoms with Crippen LogP contribution in [0.3, 0.4) is 0 Å². The largest absolute Gasteiger partial charge is 0.326 e. The smallest absolute Gasteiger partial charge is 0.257 e. The first-order valence-corrected chi connectivity index (χ1v) is 12.7. The van der Waals surface area contributed by atoms with E-state index < -0.39 is 15.7 Å². The van der Waals surface area contributed by atoms with Crippen molar-refractivity contribution >= 4 is 43.8 Å². The van der Waals surface area contributed by atoms with E-state index in [1.54, 1.807) is 42.5 Å². The second kappa shape index (κ2) is 10.4. The van der Waals surface area contributed by atoms with E-state index in [1.807, 2.05) is 30.3 Å². The maximum absolute atomic E-state index is 12.5. The molecule has 172 valence electrons. The summed E-state index contributed by atoms with van der Waals surface area (Å²) < 4.78 is 25.0. The summed E-state index contributed by atoms with van der Waals surface area (Å²) in [4.78, 5) is 24.9. The van der Waals surface area contributed by atoms with E-state index in [4.69, 9.17) is 0 Å². The number of amides is 2. The third-order valence-corrected chi connectivity index (χ3v) is 7.41. The molecule has 0 atom stereocenters. The number of nitrogens with zero attached hydrogens (tertiary/aromatic N) is 2. The van der Waals surface area contributed by atoms with Crippen LogP contribution in [-0.4, -0.2) is 30.4 Å². The Morgan fingerprint density at radius 3 is 2.12 bits per heavy atom. The molecule has 0 radical (unpaired) electrons. The molecule has 1 aromatic heterocycles. The highest BCUT2D eigenvalue weighted by molar-refractivity contribution is 7.90. The molecule has 0 fully saturated rings.